The van der Waals surface area contributed by atoms with Crippen LogP contribution in [0.3, 0.4) is 0 Å². The summed E-state index contributed by atoms with van der Waals surface area (Å²) in [5.74, 6) is -2.36. The smallest absolute Gasteiger partial charge is 0.313 e. The predicted molar refractivity (Wildman–Crippen MR) is 126 cm³/mol. The van der Waals surface area contributed by atoms with Crippen LogP contribution in [0.15, 0.2) is 24.3 Å². The number of carbonyl (C=O) groups is 3. The topological polar surface area (TPSA) is 96.4 Å². The average Bonchev–Trinajstić information content (AvgIpc) is 3.10. The molecule has 0 aliphatic carbocycles. The number of amides is 2. The van der Waals surface area contributed by atoms with Crippen LogP contribution in [0, 0.1) is 11.8 Å². The third-order valence-corrected chi connectivity index (χ3v) is 7.87. The van der Waals surface area contributed by atoms with E-state index in [9.17, 15) is 14.4 Å². The molecule has 1 unspecified atom stereocenters. The zero-order valence-corrected chi connectivity index (χ0v) is 20.4. The van der Waals surface area contributed by atoms with E-state index >= 15 is 0 Å². The first-order chi connectivity index (χ1) is 16.5. The Hall–Kier alpha value is -2.19. The highest BCUT2D eigenvalue weighted by Gasteiger charge is 2.75. The van der Waals surface area contributed by atoms with E-state index in [0.717, 1.165) is 25.7 Å². The maximum atomic E-state index is 14.0. The Bertz CT molecular complexity index is 856. The molecule has 34 heavy (non-hydrogen) atoms. The molecule has 1 spiro atoms. The van der Waals surface area contributed by atoms with Gasteiger partial charge in [0.2, 0.25) is 11.8 Å². The van der Waals surface area contributed by atoms with Gasteiger partial charge in [-0.2, -0.15) is 0 Å². The standard InChI is InChI=1S/C26H38N2O6/c1-3-5-7-14-27-15-10-13-26-19(20-24(32)33-18-11-12-25(20,4-2)34-26)22(30)28(21(26)23(27)31)16-8-6-9-17-29/h10-13,19-21,29H,3-9,14-18H2,1-2H3/t19-,20-,21?,25+,26-/m0/s1. The van der Waals surface area contributed by atoms with Crippen LogP contribution in [0.5, 0.6) is 0 Å². The van der Waals surface area contributed by atoms with E-state index in [1.54, 1.807) is 11.0 Å². The van der Waals surface area contributed by atoms with Gasteiger partial charge in [-0.15, -0.1) is 0 Å². The number of nitrogens with zero attached hydrogens (tertiary/aromatic N) is 2. The lowest BCUT2D eigenvalue weighted by Crippen LogP contribution is -2.56. The Balaban J connectivity index is 1.74. The van der Waals surface area contributed by atoms with Crippen LogP contribution in [0.4, 0.5) is 0 Å². The molecule has 2 amide bonds. The number of hydrogen-bond acceptors (Lipinski definition) is 6. The van der Waals surface area contributed by atoms with Crippen molar-refractivity contribution in [2.75, 3.05) is 32.8 Å². The summed E-state index contributed by atoms with van der Waals surface area (Å²) in [7, 11) is 0. The third kappa shape index (κ3) is 3.98. The predicted octanol–water partition coefficient (Wildman–Crippen LogP) is 2.21. The number of fused-ring (bicyclic) bond motifs is 2. The average molecular weight is 475 g/mol. The number of ether oxygens (including phenoxy) is 2. The highest BCUT2D eigenvalue weighted by molar-refractivity contribution is 5.99. The van der Waals surface area contributed by atoms with E-state index in [1.807, 2.05) is 30.1 Å². The molecule has 0 aromatic heterocycles. The first kappa shape index (κ1) is 24.9. The zero-order chi connectivity index (χ0) is 24.3. The lowest BCUT2D eigenvalue weighted by molar-refractivity contribution is -0.159. The van der Waals surface area contributed by atoms with Crippen LogP contribution in [0.2, 0.25) is 0 Å². The lowest BCUT2D eigenvalue weighted by atomic mass is 9.73. The van der Waals surface area contributed by atoms with Crippen molar-refractivity contribution in [1.82, 2.24) is 9.80 Å². The van der Waals surface area contributed by atoms with Crippen LogP contribution in [-0.4, -0.2) is 82.8 Å². The first-order valence-electron chi connectivity index (χ1n) is 12.9. The van der Waals surface area contributed by atoms with Crippen LogP contribution < -0.4 is 0 Å². The van der Waals surface area contributed by atoms with Gasteiger partial charge in [0.05, 0.1) is 5.92 Å². The molecule has 2 fully saturated rings. The molecule has 1 N–H and O–H groups in total. The van der Waals surface area contributed by atoms with E-state index < -0.39 is 35.0 Å². The molecule has 4 rings (SSSR count). The van der Waals surface area contributed by atoms with Crippen LogP contribution >= 0.6 is 0 Å². The minimum atomic E-state index is -1.20. The number of rotatable bonds is 10. The van der Waals surface area contributed by atoms with E-state index in [4.69, 9.17) is 14.6 Å². The molecule has 0 bridgehead atoms. The van der Waals surface area contributed by atoms with Crippen molar-refractivity contribution in [2.24, 2.45) is 11.8 Å². The van der Waals surface area contributed by atoms with Crippen LogP contribution in [-0.2, 0) is 23.9 Å². The van der Waals surface area contributed by atoms with Crippen LogP contribution in [0.1, 0.15) is 58.8 Å². The fourth-order valence-electron chi connectivity index (χ4n) is 6.21. The fraction of sp³-hybridized carbons (Fsp3) is 0.731. The summed E-state index contributed by atoms with van der Waals surface area (Å²) < 4.78 is 12.2. The SMILES string of the molecule is CCCCCN1CC=C[C@]23O[C@]4(CC)C=CCOC(=O)[C@@H]4[C@H]2C(=O)N(CCCCCO)C3C1=O. The van der Waals surface area contributed by atoms with Gasteiger partial charge in [0.1, 0.15) is 29.8 Å². The quantitative estimate of drug-likeness (QED) is 0.296. The Labute approximate surface area is 201 Å². The Morgan fingerprint density at radius 1 is 0.971 bits per heavy atom. The van der Waals surface area contributed by atoms with Gasteiger partial charge in [-0.1, -0.05) is 44.9 Å². The normalized spacial score (nSPS) is 34.6. The van der Waals surface area contributed by atoms with Gasteiger partial charge < -0.3 is 24.4 Å². The number of unbranched alkanes of at least 4 members (excludes halogenated alkanes) is 4. The number of aliphatic hydroxyl groups excluding tert-OH is 1. The number of carbonyl (C=O) groups excluding carboxylic acids is 3. The second-order valence-corrected chi connectivity index (χ2v) is 9.86. The molecule has 0 aromatic carbocycles. The summed E-state index contributed by atoms with van der Waals surface area (Å²) in [6.07, 6.45) is 13.0. The maximum absolute atomic E-state index is 14.0. The van der Waals surface area contributed by atoms with Crippen LogP contribution in [0.25, 0.3) is 0 Å². The Morgan fingerprint density at radius 3 is 2.50 bits per heavy atom. The van der Waals surface area contributed by atoms with Crippen molar-refractivity contribution in [3.63, 3.8) is 0 Å². The molecule has 0 radical (unpaired) electrons. The maximum Gasteiger partial charge on any atom is 0.313 e. The van der Waals surface area contributed by atoms with E-state index in [0.29, 0.717) is 38.9 Å². The minimum absolute atomic E-state index is 0.0964. The molecule has 0 saturated carbocycles. The summed E-state index contributed by atoms with van der Waals surface area (Å²) in [6.45, 7) is 5.81. The van der Waals surface area contributed by atoms with Crippen molar-refractivity contribution in [2.45, 2.75) is 76.0 Å². The van der Waals surface area contributed by atoms with E-state index in [2.05, 4.69) is 6.92 Å². The molecule has 8 heteroatoms. The molecule has 188 valence electrons. The summed E-state index contributed by atoms with van der Waals surface area (Å²) in [5.41, 5.74) is -2.18. The molecule has 4 aliphatic heterocycles. The van der Waals surface area contributed by atoms with Gasteiger partial charge in [-0.05, 0) is 38.2 Å². The van der Waals surface area contributed by atoms with Gasteiger partial charge in [-0.3, -0.25) is 14.4 Å². The van der Waals surface area contributed by atoms with Crippen molar-refractivity contribution in [3.8, 4) is 0 Å². The number of cyclic esters (lactones) is 1. The highest BCUT2D eigenvalue weighted by atomic mass is 16.6. The summed E-state index contributed by atoms with van der Waals surface area (Å²) in [4.78, 5) is 44.6. The largest absolute Gasteiger partial charge is 0.461 e. The second-order valence-electron chi connectivity index (χ2n) is 9.86. The number of esters is 1. The summed E-state index contributed by atoms with van der Waals surface area (Å²) in [5, 5.41) is 9.16. The second kappa shape index (κ2) is 10.2. The van der Waals surface area contributed by atoms with Crippen molar-refractivity contribution < 1.29 is 29.0 Å². The fourth-order valence-corrected chi connectivity index (χ4v) is 6.21. The molecule has 0 aromatic rings. The third-order valence-electron chi connectivity index (χ3n) is 7.87. The molecular weight excluding hydrogens is 436 g/mol. The molecule has 4 heterocycles. The Kier molecular flexibility index (Phi) is 7.48. The van der Waals surface area contributed by atoms with E-state index in [-0.39, 0.29) is 25.0 Å². The van der Waals surface area contributed by atoms with Gasteiger partial charge in [0.15, 0.2) is 0 Å². The summed E-state index contributed by atoms with van der Waals surface area (Å²) >= 11 is 0. The molecular formula is C26H38N2O6. The number of likely N-dealkylation sites (tertiary alicyclic amines) is 1. The van der Waals surface area contributed by atoms with Crippen molar-refractivity contribution >= 4 is 17.8 Å². The summed E-state index contributed by atoms with van der Waals surface area (Å²) in [6, 6.07) is -0.809. The Morgan fingerprint density at radius 2 is 1.76 bits per heavy atom. The van der Waals surface area contributed by atoms with Gasteiger partial charge in [0.25, 0.3) is 0 Å². The zero-order valence-electron chi connectivity index (χ0n) is 20.4. The number of aliphatic hydroxyl groups is 1. The van der Waals surface area contributed by atoms with Gasteiger partial charge in [0, 0.05) is 26.2 Å². The van der Waals surface area contributed by atoms with Crippen molar-refractivity contribution in [1.29, 1.82) is 0 Å². The molecule has 5 atom stereocenters. The highest BCUT2D eigenvalue weighted by Crippen LogP contribution is 2.58. The van der Waals surface area contributed by atoms with Gasteiger partial charge >= 0.3 is 5.97 Å². The van der Waals surface area contributed by atoms with Gasteiger partial charge in [-0.25, -0.2) is 0 Å². The monoisotopic (exact) mass is 474 g/mol. The number of hydrogen-bond donors (Lipinski definition) is 1. The minimum Gasteiger partial charge on any atom is -0.461 e. The molecule has 4 aliphatic rings. The van der Waals surface area contributed by atoms with Crippen molar-refractivity contribution in [3.05, 3.63) is 24.3 Å². The molecule has 2 saturated heterocycles. The van der Waals surface area contributed by atoms with E-state index in [1.165, 1.54) is 0 Å². The molecule has 8 nitrogen and oxygen atoms in total. The lowest BCUT2D eigenvalue weighted by Gasteiger charge is -2.38. The first-order valence-corrected chi connectivity index (χ1v) is 12.9.